The summed E-state index contributed by atoms with van der Waals surface area (Å²) in [5, 5.41) is 9.68. The molecule has 1 amide bonds. The third-order valence-electron chi connectivity index (χ3n) is 8.86. The van der Waals surface area contributed by atoms with Crippen molar-refractivity contribution in [3.8, 4) is 29.0 Å². The molecular formula is C36H34F2IN5O3. The quantitative estimate of drug-likeness (QED) is 0.0979. The summed E-state index contributed by atoms with van der Waals surface area (Å²) in [5.41, 5.74) is 2.83. The number of carbonyl (C=O) groups excluding carboxylic acids is 1. The van der Waals surface area contributed by atoms with E-state index in [4.69, 9.17) is 14.7 Å². The zero-order chi connectivity index (χ0) is 33.1. The molecule has 0 aliphatic carbocycles. The Labute approximate surface area is 285 Å². The number of hydrogen-bond acceptors (Lipinski definition) is 5. The van der Waals surface area contributed by atoms with Crippen LogP contribution in [-0.4, -0.2) is 45.6 Å². The second kappa shape index (κ2) is 13.7. The second-order valence-corrected chi connectivity index (χ2v) is 13.4. The van der Waals surface area contributed by atoms with Crippen LogP contribution in [0.3, 0.4) is 0 Å². The van der Waals surface area contributed by atoms with Crippen LogP contribution in [0, 0.1) is 26.5 Å². The number of aromatic amines is 2. The Bertz CT molecular complexity index is 1970. The summed E-state index contributed by atoms with van der Waals surface area (Å²) in [5.74, 6) is -0.557. The number of nitriles is 1. The molecule has 2 N–H and O–H groups in total. The van der Waals surface area contributed by atoms with Crippen molar-refractivity contribution in [2.24, 2.45) is 0 Å². The van der Waals surface area contributed by atoms with Crippen LogP contribution in [0.25, 0.3) is 22.3 Å². The lowest BCUT2D eigenvalue weighted by atomic mass is 9.75. The summed E-state index contributed by atoms with van der Waals surface area (Å²) < 4.78 is 43.7. The van der Waals surface area contributed by atoms with Gasteiger partial charge in [0.2, 0.25) is 0 Å². The van der Waals surface area contributed by atoms with Gasteiger partial charge in [0.25, 0.3) is 0 Å². The van der Waals surface area contributed by atoms with Gasteiger partial charge in [-0.3, -0.25) is 0 Å². The van der Waals surface area contributed by atoms with E-state index in [1.165, 1.54) is 29.2 Å². The van der Waals surface area contributed by atoms with Gasteiger partial charge in [0, 0.05) is 69.5 Å². The van der Waals surface area contributed by atoms with Crippen molar-refractivity contribution in [2.45, 2.75) is 57.0 Å². The maximum absolute atomic E-state index is 15.6. The van der Waals surface area contributed by atoms with Crippen LogP contribution < -0.4 is 4.74 Å². The number of rotatable bonds is 12. The molecule has 1 saturated heterocycles. The van der Waals surface area contributed by atoms with E-state index in [0.717, 1.165) is 45.9 Å². The summed E-state index contributed by atoms with van der Waals surface area (Å²) in [6.45, 7) is 2.51. The zero-order valence-corrected chi connectivity index (χ0v) is 28.2. The van der Waals surface area contributed by atoms with Gasteiger partial charge >= 0.3 is 6.09 Å². The predicted octanol–water partition coefficient (Wildman–Crippen LogP) is 9.01. The van der Waals surface area contributed by atoms with E-state index in [1.807, 2.05) is 18.2 Å². The van der Waals surface area contributed by atoms with E-state index >= 15 is 8.78 Å². The van der Waals surface area contributed by atoms with Crippen molar-refractivity contribution >= 4 is 39.6 Å². The number of nitrogens with zero attached hydrogens (tertiary/aromatic N) is 3. The SMILES string of the molecule is CN1CC(Cc2c(Oc3ccc(F)c(-c4ncc(C(C)(CCCCCC#N)c5cccc(I)c5)[nH]4)c3)c(F)cc3[nH]ccc23)OC1=O. The fourth-order valence-corrected chi connectivity index (χ4v) is 6.79. The van der Waals surface area contributed by atoms with Gasteiger partial charge < -0.3 is 24.3 Å². The van der Waals surface area contributed by atoms with Crippen molar-refractivity contribution in [1.82, 2.24) is 19.9 Å². The Morgan fingerprint density at radius 1 is 1.15 bits per heavy atom. The topological polar surface area (TPSA) is 107 Å². The van der Waals surface area contributed by atoms with Crippen molar-refractivity contribution < 1.29 is 23.0 Å². The molecule has 47 heavy (non-hydrogen) atoms. The van der Waals surface area contributed by atoms with Gasteiger partial charge in [0.1, 0.15) is 23.5 Å². The molecule has 0 bridgehead atoms. The van der Waals surface area contributed by atoms with Crippen molar-refractivity contribution in [3.05, 3.63) is 99.0 Å². The largest absolute Gasteiger partial charge is 0.454 e. The zero-order valence-electron chi connectivity index (χ0n) is 26.1. The van der Waals surface area contributed by atoms with Crippen molar-refractivity contribution in [1.29, 1.82) is 5.26 Å². The number of fused-ring (bicyclic) bond motifs is 1. The fourth-order valence-electron chi connectivity index (χ4n) is 6.25. The van der Waals surface area contributed by atoms with Crippen molar-refractivity contribution in [3.63, 3.8) is 0 Å². The maximum Gasteiger partial charge on any atom is 0.409 e. The number of amides is 1. The lowest BCUT2D eigenvalue weighted by Gasteiger charge is -2.29. The van der Waals surface area contributed by atoms with E-state index in [-0.39, 0.29) is 23.5 Å². The lowest BCUT2D eigenvalue weighted by Crippen LogP contribution is -2.24. The van der Waals surface area contributed by atoms with Crippen LogP contribution in [0.4, 0.5) is 13.6 Å². The Morgan fingerprint density at radius 3 is 2.77 bits per heavy atom. The molecule has 0 spiro atoms. The molecule has 11 heteroatoms. The number of nitrogens with one attached hydrogen (secondary N) is 2. The summed E-state index contributed by atoms with van der Waals surface area (Å²) >= 11 is 2.30. The van der Waals surface area contributed by atoms with Gasteiger partial charge in [0.15, 0.2) is 11.6 Å². The smallest absolute Gasteiger partial charge is 0.409 e. The third-order valence-corrected chi connectivity index (χ3v) is 9.54. The lowest BCUT2D eigenvalue weighted by molar-refractivity contribution is 0.134. The molecule has 2 aromatic heterocycles. The fraction of sp³-hybridized carbons (Fsp3) is 0.306. The number of ether oxygens (including phenoxy) is 2. The molecule has 2 atom stereocenters. The van der Waals surface area contributed by atoms with Gasteiger partial charge in [-0.05, 0) is 84.3 Å². The summed E-state index contributed by atoms with van der Waals surface area (Å²) in [6, 6.07) is 17.9. The molecule has 5 aromatic rings. The number of likely N-dealkylation sites (N-methyl/N-ethyl adjacent to an activating group) is 1. The molecule has 242 valence electrons. The standard InChI is InChI=1S/C36H34F2IN5O3/c1-36(13-5-3-4-6-14-40,22-8-7-9-23(39)16-22)32-20-42-34(43-32)28-17-24(10-11-29(28)37)46-33-27(18-25-21-44(2)35(45)47-25)26-12-15-41-31(26)19-30(33)38/h7-12,15-17,19-20,25,41H,3-6,13,18,21H2,1-2H3,(H,42,43). The van der Waals surface area contributed by atoms with E-state index in [1.54, 1.807) is 19.4 Å². The molecule has 0 saturated carbocycles. The van der Waals surface area contributed by atoms with E-state index < -0.39 is 29.2 Å². The molecule has 6 rings (SSSR count). The highest BCUT2D eigenvalue weighted by molar-refractivity contribution is 14.1. The highest BCUT2D eigenvalue weighted by Gasteiger charge is 2.32. The van der Waals surface area contributed by atoms with Crippen LogP contribution >= 0.6 is 22.6 Å². The number of carbonyl (C=O) groups is 1. The molecule has 3 aromatic carbocycles. The molecule has 2 unspecified atom stereocenters. The number of aromatic nitrogens is 3. The Morgan fingerprint density at radius 2 is 2.00 bits per heavy atom. The molecule has 8 nitrogen and oxygen atoms in total. The van der Waals surface area contributed by atoms with E-state index in [2.05, 4.69) is 62.7 Å². The minimum Gasteiger partial charge on any atom is -0.454 e. The van der Waals surface area contributed by atoms with E-state index in [0.29, 0.717) is 29.9 Å². The van der Waals surface area contributed by atoms with Gasteiger partial charge in [0.05, 0.1) is 18.2 Å². The Balaban J connectivity index is 1.32. The first-order valence-corrected chi connectivity index (χ1v) is 16.6. The average molecular weight is 750 g/mol. The normalized spacial score (nSPS) is 15.9. The summed E-state index contributed by atoms with van der Waals surface area (Å²) in [7, 11) is 1.65. The number of imidazole rings is 1. The van der Waals surface area contributed by atoms with Crippen LogP contribution in [0.15, 0.2) is 67.0 Å². The average Bonchev–Trinajstić information content (AvgIpc) is 3.80. The first-order valence-electron chi connectivity index (χ1n) is 15.5. The highest BCUT2D eigenvalue weighted by atomic mass is 127. The number of benzene rings is 3. The van der Waals surface area contributed by atoms with Crippen LogP contribution in [0.5, 0.6) is 11.5 Å². The van der Waals surface area contributed by atoms with Crippen molar-refractivity contribution in [2.75, 3.05) is 13.6 Å². The number of hydrogen-bond donors (Lipinski definition) is 2. The first kappa shape index (κ1) is 32.5. The Kier molecular flexibility index (Phi) is 9.50. The van der Waals surface area contributed by atoms with Crippen LogP contribution in [0.1, 0.15) is 55.8 Å². The van der Waals surface area contributed by atoms with Gasteiger partial charge in [-0.2, -0.15) is 5.26 Å². The summed E-state index contributed by atoms with van der Waals surface area (Å²) in [6.07, 6.45) is 6.79. The van der Waals surface area contributed by atoms with Gasteiger partial charge in [-0.25, -0.2) is 18.6 Å². The number of H-pyrrole nitrogens is 2. The minimum atomic E-state index is -0.596. The first-order chi connectivity index (χ1) is 22.7. The second-order valence-electron chi connectivity index (χ2n) is 12.1. The molecule has 0 radical (unpaired) electrons. The highest BCUT2D eigenvalue weighted by Crippen LogP contribution is 2.40. The van der Waals surface area contributed by atoms with Crippen LogP contribution in [0.2, 0.25) is 0 Å². The van der Waals surface area contributed by atoms with Crippen LogP contribution in [-0.2, 0) is 16.6 Å². The summed E-state index contributed by atoms with van der Waals surface area (Å²) in [4.78, 5) is 24.5. The number of halogens is 3. The Hall–Kier alpha value is -4.44. The third kappa shape index (κ3) is 6.83. The van der Waals surface area contributed by atoms with Gasteiger partial charge in [-0.15, -0.1) is 0 Å². The molecule has 1 aliphatic heterocycles. The predicted molar refractivity (Wildman–Crippen MR) is 183 cm³/mol. The van der Waals surface area contributed by atoms with Gasteiger partial charge in [-0.1, -0.05) is 25.0 Å². The molecular weight excluding hydrogens is 715 g/mol. The molecule has 3 heterocycles. The molecule has 1 aliphatic rings. The van der Waals surface area contributed by atoms with E-state index in [9.17, 15) is 4.79 Å². The monoisotopic (exact) mass is 749 g/mol. The maximum atomic E-state index is 15.6. The minimum absolute atomic E-state index is 0.0111. The number of unbranched alkanes of at least 4 members (excludes halogenated alkanes) is 3. The number of cyclic esters (lactones) is 1. The molecule has 1 fully saturated rings.